The normalized spacial score (nSPS) is 20.7. The van der Waals surface area contributed by atoms with Crippen molar-refractivity contribution in [3.05, 3.63) is 41.1 Å². The van der Waals surface area contributed by atoms with Crippen molar-refractivity contribution in [2.45, 2.75) is 51.2 Å². The van der Waals surface area contributed by atoms with Crippen LogP contribution in [0.25, 0.3) is 11.3 Å². The highest BCUT2D eigenvalue weighted by Crippen LogP contribution is 2.38. The molecule has 154 valence electrons. The molecule has 3 amide bonds. The number of carbonyl (C=O) groups is 2. The zero-order valence-corrected chi connectivity index (χ0v) is 16.3. The molecule has 0 saturated heterocycles. The van der Waals surface area contributed by atoms with E-state index in [0.29, 0.717) is 17.9 Å². The number of fused-ring (bicyclic) bond motifs is 1. The number of urea groups is 1. The molecule has 2 aliphatic rings. The second-order valence-electron chi connectivity index (χ2n) is 7.99. The van der Waals surface area contributed by atoms with Crippen LogP contribution in [0.15, 0.2) is 24.3 Å². The van der Waals surface area contributed by atoms with Crippen LogP contribution in [0.1, 0.15) is 47.4 Å². The summed E-state index contributed by atoms with van der Waals surface area (Å²) in [6.45, 7) is 4.33. The number of primary amides is 1. The van der Waals surface area contributed by atoms with Crippen molar-refractivity contribution in [3.8, 4) is 11.3 Å². The molecule has 1 fully saturated rings. The van der Waals surface area contributed by atoms with Gasteiger partial charge in [0, 0.05) is 31.0 Å². The molecular formula is C20H23F2N5O2. The lowest BCUT2D eigenvalue weighted by molar-refractivity contribution is -0.0904. The summed E-state index contributed by atoms with van der Waals surface area (Å²) in [6.07, 6.45) is -0.686. The Morgan fingerprint density at radius 1 is 1.31 bits per heavy atom. The molecule has 3 N–H and O–H groups in total. The highest BCUT2D eigenvalue weighted by Gasteiger charge is 2.46. The monoisotopic (exact) mass is 403 g/mol. The summed E-state index contributed by atoms with van der Waals surface area (Å²) < 4.78 is 27.8. The second kappa shape index (κ2) is 6.82. The summed E-state index contributed by atoms with van der Waals surface area (Å²) >= 11 is 0. The number of carbonyl (C=O) groups excluding carboxylic acids is 2. The maximum atomic E-state index is 13.0. The van der Waals surface area contributed by atoms with Gasteiger partial charge in [0.05, 0.1) is 23.8 Å². The lowest BCUT2D eigenvalue weighted by atomic mass is 9.88. The number of rotatable bonds is 3. The number of alkyl halides is 2. The number of aryl methyl sites for hydroxylation is 1. The van der Waals surface area contributed by atoms with E-state index in [1.54, 1.807) is 4.68 Å². The lowest BCUT2D eigenvalue weighted by Crippen LogP contribution is -2.55. The number of nitrogens with two attached hydrogens (primary N) is 1. The summed E-state index contributed by atoms with van der Waals surface area (Å²) in [5.74, 6) is -3.32. The Kier molecular flexibility index (Phi) is 4.55. The molecule has 9 heteroatoms. The summed E-state index contributed by atoms with van der Waals surface area (Å²) in [5, 5.41) is 7.27. The van der Waals surface area contributed by atoms with Crippen LogP contribution in [-0.2, 0) is 6.54 Å². The second-order valence-corrected chi connectivity index (χ2v) is 7.99. The van der Waals surface area contributed by atoms with Gasteiger partial charge in [-0.1, -0.05) is 23.8 Å². The molecular weight excluding hydrogens is 380 g/mol. The van der Waals surface area contributed by atoms with Crippen LogP contribution in [0.4, 0.5) is 13.6 Å². The number of halogens is 2. The SMILES string of the molecule is Cc1cccc(-c2nn3c(c2C(N)=O)CN(C(=O)NC2CC(F)(F)C2)CC3C)c1. The first kappa shape index (κ1) is 19.4. The minimum atomic E-state index is -2.70. The molecule has 1 unspecified atom stereocenters. The van der Waals surface area contributed by atoms with E-state index in [-0.39, 0.29) is 31.0 Å². The molecule has 4 rings (SSSR count). The van der Waals surface area contributed by atoms with Gasteiger partial charge in [-0.15, -0.1) is 0 Å². The fourth-order valence-corrected chi connectivity index (χ4v) is 4.06. The van der Waals surface area contributed by atoms with E-state index in [9.17, 15) is 18.4 Å². The largest absolute Gasteiger partial charge is 0.365 e. The molecule has 1 aromatic heterocycles. The third-order valence-electron chi connectivity index (χ3n) is 5.50. The Labute approximate surface area is 166 Å². The molecule has 1 saturated carbocycles. The average molecular weight is 403 g/mol. The predicted molar refractivity (Wildman–Crippen MR) is 103 cm³/mol. The Bertz CT molecular complexity index is 979. The smallest absolute Gasteiger partial charge is 0.318 e. The van der Waals surface area contributed by atoms with Crippen molar-refractivity contribution < 1.29 is 18.4 Å². The molecule has 29 heavy (non-hydrogen) atoms. The lowest BCUT2D eigenvalue weighted by Gasteiger charge is -2.38. The Morgan fingerprint density at radius 2 is 2.03 bits per heavy atom. The van der Waals surface area contributed by atoms with E-state index in [0.717, 1.165) is 11.1 Å². The van der Waals surface area contributed by atoms with Crippen molar-refractivity contribution in [2.24, 2.45) is 5.73 Å². The van der Waals surface area contributed by atoms with Crippen molar-refractivity contribution in [1.82, 2.24) is 20.0 Å². The fourth-order valence-electron chi connectivity index (χ4n) is 4.06. The zero-order valence-electron chi connectivity index (χ0n) is 16.3. The molecule has 0 radical (unpaired) electrons. The minimum Gasteiger partial charge on any atom is -0.365 e. The van der Waals surface area contributed by atoms with Gasteiger partial charge in [0.15, 0.2) is 0 Å². The van der Waals surface area contributed by atoms with Crippen LogP contribution in [0, 0.1) is 6.92 Å². The van der Waals surface area contributed by atoms with Crippen molar-refractivity contribution in [3.63, 3.8) is 0 Å². The van der Waals surface area contributed by atoms with Crippen molar-refractivity contribution in [2.75, 3.05) is 6.54 Å². The standard InChI is InChI=1S/C20H23F2N5O2/c1-11-4-3-5-13(6-11)17-16(18(23)28)15-10-26(9-12(2)27(15)25-17)19(29)24-14-7-20(21,22)8-14/h3-6,12,14H,7-10H2,1-2H3,(H2,23,28)(H,24,29). The van der Waals surface area contributed by atoms with E-state index >= 15 is 0 Å². The van der Waals surface area contributed by atoms with E-state index in [1.165, 1.54) is 4.90 Å². The van der Waals surface area contributed by atoms with E-state index < -0.39 is 23.9 Å². The van der Waals surface area contributed by atoms with Crippen LogP contribution < -0.4 is 11.1 Å². The maximum Gasteiger partial charge on any atom is 0.318 e. The summed E-state index contributed by atoms with van der Waals surface area (Å²) in [5.41, 5.74) is 8.81. The van der Waals surface area contributed by atoms with Crippen molar-refractivity contribution >= 4 is 11.9 Å². The van der Waals surface area contributed by atoms with Gasteiger partial charge in [-0.25, -0.2) is 13.6 Å². The van der Waals surface area contributed by atoms with Gasteiger partial charge in [-0.3, -0.25) is 9.48 Å². The molecule has 0 spiro atoms. The number of nitrogens with zero attached hydrogens (tertiary/aromatic N) is 3. The highest BCUT2D eigenvalue weighted by atomic mass is 19.3. The Morgan fingerprint density at radius 3 is 2.66 bits per heavy atom. The van der Waals surface area contributed by atoms with Crippen molar-refractivity contribution in [1.29, 1.82) is 0 Å². The minimum absolute atomic E-state index is 0.135. The van der Waals surface area contributed by atoms with Gasteiger partial charge in [0.1, 0.15) is 5.69 Å². The van der Waals surface area contributed by atoms with Crippen LogP contribution in [0.5, 0.6) is 0 Å². The van der Waals surface area contributed by atoms with Crippen LogP contribution in [0.3, 0.4) is 0 Å². The quantitative estimate of drug-likeness (QED) is 0.825. The molecule has 1 atom stereocenters. The number of aromatic nitrogens is 2. The van der Waals surface area contributed by atoms with Gasteiger partial charge >= 0.3 is 6.03 Å². The Hall–Kier alpha value is -2.97. The topological polar surface area (TPSA) is 93.2 Å². The van der Waals surface area contributed by atoms with Gasteiger partial charge in [0.25, 0.3) is 11.8 Å². The third-order valence-corrected chi connectivity index (χ3v) is 5.50. The molecule has 7 nitrogen and oxygen atoms in total. The summed E-state index contributed by atoms with van der Waals surface area (Å²) in [7, 11) is 0. The molecule has 1 aliphatic heterocycles. The zero-order chi connectivity index (χ0) is 20.9. The molecule has 2 aromatic rings. The number of hydrogen-bond donors (Lipinski definition) is 2. The predicted octanol–water partition coefficient (Wildman–Crippen LogP) is 2.84. The van der Waals surface area contributed by atoms with E-state index in [4.69, 9.17) is 5.73 Å². The Balaban J connectivity index is 1.63. The maximum absolute atomic E-state index is 13.0. The average Bonchev–Trinajstić information content (AvgIpc) is 3.00. The van der Waals surface area contributed by atoms with Gasteiger partial charge in [0.2, 0.25) is 0 Å². The molecule has 1 aliphatic carbocycles. The molecule has 1 aromatic carbocycles. The number of amides is 3. The number of nitrogens with one attached hydrogen (secondary N) is 1. The van der Waals surface area contributed by atoms with Gasteiger partial charge in [-0.05, 0) is 19.9 Å². The van der Waals surface area contributed by atoms with Gasteiger partial charge in [-0.2, -0.15) is 5.10 Å². The number of hydrogen-bond acceptors (Lipinski definition) is 3. The molecule has 2 heterocycles. The number of benzene rings is 1. The first-order valence-corrected chi connectivity index (χ1v) is 9.56. The summed E-state index contributed by atoms with van der Waals surface area (Å²) in [6, 6.07) is 6.47. The van der Waals surface area contributed by atoms with Crippen LogP contribution in [0.2, 0.25) is 0 Å². The fraction of sp³-hybridized carbons (Fsp3) is 0.450. The van der Waals surface area contributed by atoms with E-state index in [2.05, 4.69) is 10.4 Å². The van der Waals surface area contributed by atoms with Gasteiger partial charge < -0.3 is 16.0 Å². The van der Waals surface area contributed by atoms with Crippen LogP contribution >= 0.6 is 0 Å². The highest BCUT2D eigenvalue weighted by molar-refractivity contribution is 6.00. The third kappa shape index (κ3) is 3.56. The van der Waals surface area contributed by atoms with E-state index in [1.807, 2.05) is 38.1 Å². The first-order chi connectivity index (χ1) is 13.6. The summed E-state index contributed by atoms with van der Waals surface area (Å²) in [4.78, 5) is 26.4. The molecule has 0 bridgehead atoms. The first-order valence-electron chi connectivity index (χ1n) is 9.56. The van der Waals surface area contributed by atoms with Crippen LogP contribution in [-0.4, -0.2) is 45.1 Å².